The van der Waals surface area contributed by atoms with Gasteiger partial charge in [-0.3, -0.25) is 0 Å². The van der Waals surface area contributed by atoms with Crippen LogP contribution in [0.5, 0.6) is 0 Å². The minimum absolute atomic E-state index is 0.990. The van der Waals surface area contributed by atoms with E-state index in [4.69, 9.17) is 5.10 Å². The standard InChI is InChI=1S/C23H20BrN3/c24-19-8-5-9-20(15-19)27-23-21(10-3-4-13-25-23)22(26-27)18-12-11-16-6-1-2-7-17(16)14-18/h1-2,5-9,11-12,14-15,25H,3-4,10,13H2. The molecule has 0 saturated carbocycles. The molecule has 1 aliphatic heterocycles. The third kappa shape index (κ3) is 3.04. The van der Waals surface area contributed by atoms with E-state index in [9.17, 15) is 0 Å². The molecule has 0 spiro atoms. The summed E-state index contributed by atoms with van der Waals surface area (Å²) in [4.78, 5) is 0. The van der Waals surface area contributed by atoms with Crippen LogP contribution in [0.4, 0.5) is 5.82 Å². The molecule has 0 amide bonds. The molecule has 4 heteroatoms. The van der Waals surface area contributed by atoms with Crippen molar-refractivity contribution in [1.82, 2.24) is 9.78 Å². The van der Waals surface area contributed by atoms with Gasteiger partial charge < -0.3 is 5.32 Å². The quantitative estimate of drug-likeness (QED) is 0.420. The van der Waals surface area contributed by atoms with Crippen molar-refractivity contribution in [3.63, 3.8) is 0 Å². The van der Waals surface area contributed by atoms with Gasteiger partial charge in [-0.15, -0.1) is 0 Å². The SMILES string of the molecule is Brc1cccc(-n2nc(-c3ccc4ccccc4c3)c3c2NCCCC3)c1. The van der Waals surface area contributed by atoms with E-state index in [2.05, 4.69) is 86.6 Å². The molecule has 0 bridgehead atoms. The summed E-state index contributed by atoms with van der Waals surface area (Å²) in [6.07, 6.45) is 3.42. The Balaban J connectivity index is 1.71. The van der Waals surface area contributed by atoms with Crippen molar-refractivity contribution in [3.8, 4) is 16.9 Å². The molecular weight excluding hydrogens is 398 g/mol. The van der Waals surface area contributed by atoms with Crippen LogP contribution in [0, 0.1) is 0 Å². The van der Waals surface area contributed by atoms with Gasteiger partial charge in [0.1, 0.15) is 5.82 Å². The van der Waals surface area contributed by atoms with Gasteiger partial charge in [0.25, 0.3) is 0 Å². The third-order valence-electron chi connectivity index (χ3n) is 5.21. The van der Waals surface area contributed by atoms with Crippen LogP contribution in [0.1, 0.15) is 18.4 Å². The molecule has 134 valence electrons. The van der Waals surface area contributed by atoms with E-state index in [1.54, 1.807) is 0 Å². The van der Waals surface area contributed by atoms with Crippen LogP contribution in [0.25, 0.3) is 27.7 Å². The van der Waals surface area contributed by atoms with Crippen molar-refractivity contribution in [2.75, 3.05) is 11.9 Å². The fourth-order valence-electron chi connectivity index (χ4n) is 3.87. The van der Waals surface area contributed by atoms with Gasteiger partial charge in [-0.1, -0.05) is 58.4 Å². The molecular formula is C23H20BrN3. The molecule has 5 rings (SSSR count). The van der Waals surface area contributed by atoms with Gasteiger partial charge in [0, 0.05) is 22.1 Å². The summed E-state index contributed by atoms with van der Waals surface area (Å²) < 4.78 is 3.13. The Kier molecular flexibility index (Phi) is 4.21. The average Bonchev–Trinajstić information content (AvgIpc) is 2.89. The summed E-state index contributed by atoms with van der Waals surface area (Å²) in [5.74, 6) is 1.13. The second-order valence-electron chi connectivity index (χ2n) is 7.01. The first kappa shape index (κ1) is 16.6. The molecule has 0 aliphatic carbocycles. The van der Waals surface area contributed by atoms with Crippen LogP contribution < -0.4 is 5.32 Å². The molecule has 1 aromatic heterocycles. The number of halogens is 1. The molecule has 2 heterocycles. The molecule has 3 aromatic carbocycles. The highest BCUT2D eigenvalue weighted by Crippen LogP contribution is 2.35. The summed E-state index contributed by atoms with van der Waals surface area (Å²) in [6, 6.07) is 23.5. The summed E-state index contributed by atoms with van der Waals surface area (Å²) in [6.45, 7) is 0.990. The summed E-state index contributed by atoms with van der Waals surface area (Å²) in [5.41, 5.74) is 4.66. The van der Waals surface area contributed by atoms with Gasteiger partial charge in [0.2, 0.25) is 0 Å². The predicted octanol–water partition coefficient (Wildman–Crippen LogP) is 6.20. The lowest BCUT2D eigenvalue weighted by Gasteiger charge is -2.09. The minimum atomic E-state index is 0.990. The van der Waals surface area contributed by atoms with E-state index in [1.807, 2.05) is 6.07 Å². The largest absolute Gasteiger partial charge is 0.370 e. The van der Waals surface area contributed by atoms with Crippen LogP contribution in [-0.2, 0) is 6.42 Å². The van der Waals surface area contributed by atoms with Crippen molar-refractivity contribution < 1.29 is 0 Å². The van der Waals surface area contributed by atoms with Gasteiger partial charge in [0.15, 0.2) is 0 Å². The van der Waals surface area contributed by atoms with Crippen molar-refractivity contribution in [2.45, 2.75) is 19.3 Å². The second-order valence-corrected chi connectivity index (χ2v) is 7.93. The highest BCUT2D eigenvalue weighted by Gasteiger charge is 2.21. The Morgan fingerprint density at radius 3 is 2.67 bits per heavy atom. The molecule has 27 heavy (non-hydrogen) atoms. The Morgan fingerprint density at radius 2 is 1.78 bits per heavy atom. The van der Waals surface area contributed by atoms with E-state index in [-0.39, 0.29) is 0 Å². The van der Waals surface area contributed by atoms with Crippen LogP contribution in [-0.4, -0.2) is 16.3 Å². The Morgan fingerprint density at radius 1 is 0.889 bits per heavy atom. The molecule has 0 atom stereocenters. The van der Waals surface area contributed by atoms with Crippen LogP contribution in [0.2, 0.25) is 0 Å². The fraction of sp³-hybridized carbons (Fsp3) is 0.174. The zero-order valence-corrected chi connectivity index (χ0v) is 16.5. The number of anilines is 1. The van der Waals surface area contributed by atoms with Crippen LogP contribution in [0.15, 0.2) is 71.2 Å². The van der Waals surface area contributed by atoms with E-state index in [0.717, 1.165) is 34.6 Å². The van der Waals surface area contributed by atoms with Crippen molar-refractivity contribution in [1.29, 1.82) is 0 Å². The van der Waals surface area contributed by atoms with E-state index >= 15 is 0 Å². The van der Waals surface area contributed by atoms with E-state index in [0.29, 0.717) is 0 Å². The molecule has 0 unspecified atom stereocenters. The molecule has 0 radical (unpaired) electrons. The Labute approximate surface area is 167 Å². The first-order chi connectivity index (χ1) is 13.3. The van der Waals surface area contributed by atoms with E-state index in [1.165, 1.54) is 34.7 Å². The van der Waals surface area contributed by atoms with Crippen LogP contribution in [0.3, 0.4) is 0 Å². The Bertz CT molecular complexity index is 1130. The zero-order valence-electron chi connectivity index (χ0n) is 15.0. The predicted molar refractivity (Wildman–Crippen MR) is 116 cm³/mol. The smallest absolute Gasteiger partial charge is 0.133 e. The average molecular weight is 418 g/mol. The lowest BCUT2D eigenvalue weighted by Crippen LogP contribution is -2.07. The first-order valence-corrected chi connectivity index (χ1v) is 10.2. The summed E-state index contributed by atoms with van der Waals surface area (Å²) in [5, 5.41) is 11.2. The van der Waals surface area contributed by atoms with Gasteiger partial charge in [-0.2, -0.15) is 5.10 Å². The highest BCUT2D eigenvalue weighted by atomic mass is 79.9. The normalized spacial score (nSPS) is 13.8. The molecule has 3 nitrogen and oxygen atoms in total. The van der Waals surface area contributed by atoms with Crippen LogP contribution >= 0.6 is 15.9 Å². The minimum Gasteiger partial charge on any atom is -0.370 e. The number of nitrogens with one attached hydrogen (secondary N) is 1. The molecule has 0 fully saturated rings. The highest BCUT2D eigenvalue weighted by molar-refractivity contribution is 9.10. The maximum Gasteiger partial charge on any atom is 0.133 e. The molecule has 1 N–H and O–H groups in total. The number of rotatable bonds is 2. The van der Waals surface area contributed by atoms with Crippen molar-refractivity contribution in [2.24, 2.45) is 0 Å². The number of fused-ring (bicyclic) bond motifs is 2. The monoisotopic (exact) mass is 417 g/mol. The maximum atomic E-state index is 5.06. The van der Waals surface area contributed by atoms with Gasteiger partial charge >= 0.3 is 0 Å². The molecule has 1 aliphatic rings. The summed E-state index contributed by atoms with van der Waals surface area (Å²) in [7, 11) is 0. The number of hydrogen-bond acceptors (Lipinski definition) is 2. The lowest BCUT2D eigenvalue weighted by atomic mass is 10.0. The number of aromatic nitrogens is 2. The maximum absolute atomic E-state index is 5.06. The molecule has 0 saturated heterocycles. The summed E-state index contributed by atoms with van der Waals surface area (Å²) >= 11 is 3.59. The van der Waals surface area contributed by atoms with Crippen molar-refractivity contribution >= 4 is 32.5 Å². The second kappa shape index (κ2) is 6.86. The number of benzene rings is 3. The van der Waals surface area contributed by atoms with E-state index < -0.39 is 0 Å². The number of hydrogen-bond donors (Lipinski definition) is 1. The van der Waals surface area contributed by atoms with Crippen molar-refractivity contribution in [3.05, 3.63) is 76.8 Å². The lowest BCUT2D eigenvalue weighted by molar-refractivity contribution is 0.780. The first-order valence-electron chi connectivity index (χ1n) is 9.40. The zero-order chi connectivity index (χ0) is 18.2. The Hall–Kier alpha value is -2.59. The third-order valence-corrected chi connectivity index (χ3v) is 5.70. The topological polar surface area (TPSA) is 29.9 Å². The van der Waals surface area contributed by atoms with Gasteiger partial charge in [-0.25, -0.2) is 4.68 Å². The van der Waals surface area contributed by atoms with Gasteiger partial charge in [0.05, 0.1) is 11.4 Å². The van der Waals surface area contributed by atoms with Gasteiger partial charge in [-0.05, 0) is 54.3 Å². The fourth-order valence-corrected chi connectivity index (χ4v) is 4.25. The molecule has 4 aromatic rings. The number of nitrogens with zero attached hydrogens (tertiary/aromatic N) is 2.